The Morgan fingerprint density at radius 3 is 2.52 bits per heavy atom. The minimum absolute atomic E-state index is 0.365. The van der Waals surface area contributed by atoms with Gasteiger partial charge in [-0.2, -0.15) is 0 Å². The molecule has 0 saturated heterocycles. The highest BCUT2D eigenvalue weighted by Gasteiger charge is 2.09. The SMILES string of the molecule is CCCNC(C)c1ccc(Sc2cccc(Br)c2)cc1Br. The maximum atomic E-state index is 3.70. The van der Waals surface area contributed by atoms with E-state index in [1.807, 2.05) is 6.07 Å². The molecule has 2 aromatic rings. The first-order valence-corrected chi connectivity index (χ1v) is 9.46. The van der Waals surface area contributed by atoms with Gasteiger partial charge >= 0.3 is 0 Å². The summed E-state index contributed by atoms with van der Waals surface area (Å²) in [5, 5.41) is 3.52. The molecule has 112 valence electrons. The lowest BCUT2D eigenvalue weighted by Crippen LogP contribution is -2.19. The molecular formula is C17H19Br2NS. The molecule has 1 unspecified atom stereocenters. The molecule has 2 aromatic carbocycles. The molecule has 0 aromatic heterocycles. The van der Waals surface area contributed by atoms with Crippen LogP contribution in [0.1, 0.15) is 31.9 Å². The van der Waals surface area contributed by atoms with E-state index < -0.39 is 0 Å². The van der Waals surface area contributed by atoms with Gasteiger partial charge in [-0.3, -0.25) is 0 Å². The second kappa shape index (κ2) is 8.37. The third-order valence-electron chi connectivity index (χ3n) is 3.17. The van der Waals surface area contributed by atoms with E-state index in [1.165, 1.54) is 19.8 Å². The topological polar surface area (TPSA) is 12.0 Å². The summed E-state index contributed by atoms with van der Waals surface area (Å²) in [6, 6.07) is 15.3. The van der Waals surface area contributed by atoms with Crippen molar-refractivity contribution < 1.29 is 0 Å². The third-order valence-corrected chi connectivity index (χ3v) is 5.33. The van der Waals surface area contributed by atoms with Gasteiger partial charge in [0.15, 0.2) is 0 Å². The first-order valence-electron chi connectivity index (χ1n) is 7.06. The molecule has 0 heterocycles. The molecule has 0 bridgehead atoms. The zero-order valence-corrected chi connectivity index (χ0v) is 16.2. The van der Waals surface area contributed by atoms with E-state index in [9.17, 15) is 0 Å². The molecule has 0 saturated carbocycles. The van der Waals surface area contributed by atoms with Crippen molar-refractivity contribution in [1.82, 2.24) is 5.32 Å². The summed E-state index contributed by atoms with van der Waals surface area (Å²) in [6.45, 7) is 5.44. The van der Waals surface area contributed by atoms with Crippen LogP contribution < -0.4 is 5.32 Å². The van der Waals surface area contributed by atoms with Gasteiger partial charge in [0.25, 0.3) is 0 Å². The molecule has 1 atom stereocenters. The quantitative estimate of drug-likeness (QED) is 0.569. The lowest BCUT2D eigenvalue weighted by molar-refractivity contribution is 0.568. The predicted molar refractivity (Wildman–Crippen MR) is 99.1 cm³/mol. The minimum atomic E-state index is 0.365. The molecular weight excluding hydrogens is 410 g/mol. The summed E-state index contributed by atoms with van der Waals surface area (Å²) in [6.07, 6.45) is 1.15. The first-order chi connectivity index (χ1) is 10.1. The summed E-state index contributed by atoms with van der Waals surface area (Å²) in [7, 11) is 0. The number of benzene rings is 2. The molecule has 0 spiro atoms. The van der Waals surface area contributed by atoms with Crippen molar-refractivity contribution >= 4 is 43.6 Å². The van der Waals surface area contributed by atoms with Crippen LogP contribution in [-0.4, -0.2) is 6.54 Å². The highest BCUT2D eigenvalue weighted by atomic mass is 79.9. The fourth-order valence-electron chi connectivity index (χ4n) is 2.06. The van der Waals surface area contributed by atoms with Crippen LogP contribution in [0.3, 0.4) is 0 Å². The Morgan fingerprint density at radius 1 is 1.10 bits per heavy atom. The van der Waals surface area contributed by atoms with Gasteiger partial charge in [-0.25, -0.2) is 0 Å². The summed E-state index contributed by atoms with van der Waals surface area (Å²) in [5.74, 6) is 0. The number of rotatable bonds is 6. The second-order valence-electron chi connectivity index (χ2n) is 4.92. The zero-order valence-electron chi connectivity index (χ0n) is 12.2. The van der Waals surface area contributed by atoms with Gasteiger partial charge in [-0.05, 0) is 55.8 Å². The Bertz CT molecular complexity index is 601. The second-order valence-corrected chi connectivity index (χ2v) is 7.84. The lowest BCUT2D eigenvalue weighted by Gasteiger charge is -2.16. The number of nitrogens with one attached hydrogen (secondary N) is 1. The Kier molecular flexibility index (Phi) is 6.80. The molecule has 0 amide bonds. The zero-order chi connectivity index (χ0) is 15.2. The molecule has 0 radical (unpaired) electrons. The van der Waals surface area contributed by atoms with Crippen molar-refractivity contribution in [3.05, 3.63) is 57.0 Å². The van der Waals surface area contributed by atoms with Crippen LogP contribution in [0.2, 0.25) is 0 Å². The van der Waals surface area contributed by atoms with Crippen LogP contribution in [0.5, 0.6) is 0 Å². The smallest absolute Gasteiger partial charge is 0.0302 e. The molecule has 1 N–H and O–H groups in total. The van der Waals surface area contributed by atoms with Crippen molar-refractivity contribution in [3.8, 4) is 0 Å². The predicted octanol–water partition coefficient (Wildman–Crippen LogP) is 6.42. The Hall–Kier alpha value is -0.290. The lowest BCUT2D eigenvalue weighted by atomic mass is 10.1. The average Bonchev–Trinajstić information content (AvgIpc) is 2.45. The molecule has 2 rings (SSSR count). The van der Waals surface area contributed by atoms with Gasteiger partial charge in [-0.1, -0.05) is 62.7 Å². The molecule has 0 fully saturated rings. The van der Waals surface area contributed by atoms with Crippen LogP contribution in [0.4, 0.5) is 0 Å². The van der Waals surface area contributed by atoms with E-state index >= 15 is 0 Å². The highest BCUT2D eigenvalue weighted by molar-refractivity contribution is 9.10. The van der Waals surface area contributed by atoms with Gasteiger partial charge in [0.05, 0.1) is 0 Å². The van der Waals surface area contributed by atoms with E-state index in [4.69, 9.17) is 0 Å². The number of hydrogen-bond acceptors (Lipinski definition) is 2. The van der Waals surface area contributed by atoms with E-state index in [1.54, 1.807) is 11.8 Å². The van der Waals surface area contributed by atoms with Crippen molar-refractivity contribution in [3.63, 3.8) is 0 Å². The van der Waals surface area contributed by atoms with Gasteiger partial charge in [-0.15, -0.1) is 0 Å². The van der Waals surface area contributed by atoms with Crippen molar-refractivity contribution in [2.45, 2.75) is 36.1 Å². The van der Waals surface area contributed by atoms with Gasteiger partial charge in [0.1, 0.15) is 0 Å². The maximum Gasteiger partial charge on any atom is 0.0302 e. The molecule has 0 aliphatic rings. The fraction of sp³-hybridized carbons (Fsp3) is 0.294. The summed E-state index contributed by atoms with van der Waals surface area (Å²) in [5.41, 5.74) is 1.31. The van der Waals surface area contributed by atoms with Gasteiger partial charge in [0, 0.05) is 24.8 Å². The summed E-state index contributed by atoms with van der Waals surface area (Å²) >= 11 is 8.99. The van der Waals surface area contributed by atoms with E-state index in [0.29, 0.717) is 6.04 Å². The average molecular weight is 429 g/mol. The van der Waals surface area contributed by atoms with Crippen molar-refractivity contribution in [2.75, 3.05) is 6.54 Å². The number of halogens is 2. The summed E-state index contributed by atoms with van der Waals surface area (Å²) < 4.78 is 2.28. The van der Waals surface area contributed by atoms with Crippen LogP contribution >= 0.6 is 43.6 Å². The monoisotopic (exact) mass is 427 g/mol. The maximum absolute atomic E-state index is 3.70. The molecule has 1 nitrogen and oxygen atoms in total. The van der Waals surface area contributed by atoms with Crippen LogP contribution in [-0.2, 0) is 0 Å². The standard InChI is InChI=1S/C17H19Br2NS/c1-3-9-20-12(2)16-8-7-15(11-17(16)19)21-14-6-4-5-13(18)10-14/h4-8,10-12,20H,3,9H2,1-2H3. The van der Waals surface area contributed by atoms with E-state index in [0.717, 1.165) is 17.4 Å². The Balaban J connectivity index is 2.11. The van der Waals surface area contributed by atoms with Gasteiger partial charge in [0.2, 0.25) is 0 Å². The molecule has 21 heavy (non-hydrogen) atoms. The molecule has 0 aliphatic carbocycles. The fourth-order valence-corrected chi connectivity index (χ4v) is 4.40. The van der Waals surface area contributed by atoms with E-state index in [2.05, 4.69) is 87.4 Å². The van der Waals surface area contributed by atoms with E-state index in [-0.39, 0.29) is 0 Å². The Morgan fingerprint density at radius 2 is 1.86 bits per heavy atom. The van der Waals surface area contributed by atoms with Crippen LogP contribution in [0.15, 0.2) is 61.2 Å². The highest BCUT2D eigenvalue weighted by Crippen LogP contribution is 2.33. The first kappa shape index (κ1) is 17.1. The largest absolute Gasteiger partial charge is 0.310 e. The van der Waals surface area contributed by atoms with Crippen molar-refractivity contribution in [1.29, 1.82) is 0 Å². The normalized spacial score (nSPS) is 12.4. The van der Waals surface area contributed by atoms with Crippen molar-refractivity contribution in [2.24, 2.45) is 0 Å². The minimum Gasteiger partial charge on any atom is -0.310 e. The molecule has 0 aliphatic heterocycles. The van der Waals surface area contributed by atoms with Crippen LogP contribution in [0.25, 0.3) is 0 Å². The third kappa shape index (κ3) is 5.13. The Labute approximate surface area is 148 Å². The number of hydrogen-bond donors (Lipinski definition) is 1. The summed E-state index contributed by atoms with van der Waals surface area (Å²) in [4.78, 5) is 2.48. The van der Waals surface area contributed by atoms with Crippen LogP contribution in [0, 0.1) is 0 Å². The van der Waals surface area contributed by atoms with Gasteiger partial charge < -0.3 is 5.32 Å². The molecule has 4 heteroatoms.